The van der Waals surface area contributed by atoms with Crippen molar-refractivity contribution >= 4 is 15.9 Å². The van der Waals surface area contributed by atoms with Gasteiger partial charge in [-0.3, -0.25) is 4.79 Å². The van der Waals surface area contributed by atoms with Gasteiger partial charge in [-0.15, -0.1) is 0 Å². The van der Waals surface area contributed by atoms with Crippen molar-refractivity contribution < 1.29 is 17.9 Å². The van der Waals surface area contributed by atoms with E-state index in [2.05, 4.69) is 0 Å². The van der Waals surface area contributed by atoms with E-state index >= 15 is 0 Å². The molecule has 1 saturated heterocycles. The average molecular weight is 393 g/mol. The van der Waals surface area contributed by atoms with Gasteiger partial charge in [-0.2, -0.15) is 4.31 Å². The fraction of sp³-hybridized carbons (Fsp3) is 0.650. The number of aryl methyl sites for hydroxylation is 1. The van der Waals surface area contributed by atoms with Crippen LogP contribution in [0.1, 0.15) is 54.4 Å². The van der Waals surface area contributed by atoms with Crippen molar-refractivity contribution in [1.29, 1.82) is 0 Å². The molecule has 1 amide bonds. The molecule has 0 spiro atoms. The Morgan fingerprint density at radius 1 is 1.07 bits per heavy atom. The molecular formula is C20H28N2O4S. The van der Waals surface area contributed by atoms with E-state index in [9.17, 15) is 13.2 Å². The van der Waals surface area contributed by atoms with Gasteiger partial charge in [0.05, 0.1) is 18.1 Å². The van der Waals surface area contributed by atoms with Crippen molar-refractivity contribution in [2.24, 2.45) is 0 Å². The summed E-state index contributed by atoms with van der Waals surface area (Å²) in [6, 6.07) is 5.78. The molecule has 1 heterocycles. The molecule has 4 rings (SSSR count). The summed E-state index contributed by atoms with van der Waals surface area (Å²) >= 11 is 0. The largest absolute Gasteiger partial charge is 0.379 e. The highest BCUT2D eigenvalue weighted by molar-refractivity contribution is 7.89. The molecular weight excluding hydrogens is 364 g/mol. The fourth-order valence-corrected chi connectivity index (χ4v) is 5.91. The Balaban J connectivity index is 1.64. The molecule has 3 aliphatic rings. The van der Waals surface area contributed by atoms with Crippen molar-refractivity contribution in [3.63, 3.8) is 0 Å². The first kappa shape index (κ1) is 18.9. The monoisotopic (exact) mass is 392 g/mol. The maximum Gasteiger partial charge on any atom is 0.254 e. The van der Waals surface area contributed by atoms with Crippen LogP contribution in [0.3, 0.4) is 0 Å². The molecule has 3 fully saturated rings. The zero-order valence-corrected chi connectivity index (χ0v) is 16.7. The minimum atomic E-state index is -3.62. The van der Waals surface area contributed by atoms with Gasteiger partial charge < -0.3 is 9.64 Å². The lowest BCUT2D eigenvalue weighted by atomic mass is 10.1. The first-order chi connectivity index (χ1) is 13.0. The van der Waals surface area contributed by atoms with Gasteiger partial charge in [0.1, 0.15) is 0 Å². The molecule has 0 N–H and O–H groups in total. The molecule has 6 nitrogen and oxygen atoms in total. The molecule has 2 saturated carbocycles. The summed E-state index contributed by atoms with van der Waals surface area (Å²) in [5, 5.41) is 0. The molecule has 0 bridgehead atoms. The molecule has 0 radical (unpaired) electrons. The topological polar surface area (TPSA) is 66.9 Å². The first-order valence-electron chi connectivity index (χ1n) is 9.99. The number of hydrogen-bond acceptors (Lipinski definition) is 4. The Hall–Kier alpha value is -1.44. The number of benzene rings is 1. The molecule has 0 atom stereocenters. The number of morpholine rings is 1. The summed E-state index contributed by atoms with van der Waals surface area (Å²) in [6.45, 7) is 3.33. The number of hydrogen-bond donors (Lipinski definition) is 0. The third-order valence-electron chi connectivity index (χ3n) is 5.92. The molecule has 1 aromatic rings. The quantitative estimate of drug-likeness (QED) is 0.772. The summed E-state index contributed by atoms with van der Waals surface area (Å²) in [4.78, 5) is 15.6. The van der Waals surface area contributed by atoms with Crippen molar-refractivity contribution in [2.45, 2.75) is 62.4 Å². The van der Waals surface area contributed by atoms with E-state index in [-0.39, 0.29) is 10.8 Å². The molecule has 2 aliphatic carbocycles. The number of carbonyl (C=O) groups excluding carboxylic acids is 1. The second-order valence-corrected chi connectivity index (χ2v) is 9.78. The number of rotatable bonds is 5. The van der Waals surface area contributed by atoms with E-state index in [0.29, 0.717) is 49.5 Å². The minimum Gasteiger partial charge on any atom is -0.379 e. The highest BCUT2D eigenvalue weighted by Gasteiger charge is 2.39. The Bertz CT molecular complexity index is 807. The maximum absolute atomic E-state index is 13.3. The summed E-state index contributed by atoms with van der Waals surface area (Å²) in [7, 11) is -3.62. The van der Waals surface area contributed by atoms with Crippen LogP contribution < -0.4 is 0 Å². The van der Waals surface area contributed by atoms with E-state index < -0.39 is 10.0 Å². The zero-order chi connectivity index (χ0) is 19.0. The predicted molar refractivity (Wildman–Crippen MR) is 102 cm³/mol. The van der Waals surface area contributed by atoms with Crippen LogP contribution in [0.4, 0.5) is 0 Å². The van der Waals surface area contributed by atoms with Crippen LogP contribution in [0.2, 0.25) is 0 Å². The van der Waals surface area contributed by atoms with E-state index in [1.165, 1.54) is 17.1 Å². The van der Waals surface area contributed by atoms with Crippen molar-refractivity contribution in [3.05, 3.63) is 29.3 Å². The molecule has 1 aromatic carbocycles. The summed E-state index contributed by atoms with van der Waals surface area (Å²) in [5.74, 6) is -0.0113. The Morgan fingerprint density at radius 2 is 1.70 bits per heavy atom. The predicted octanol–water partition coefficient (Wildman–Crippen LogP) is 2.56. The number of carbonyl (C=O) groups is 1. The Labute approximate surface area is 161 Å². The molecule has 27 heavy (non-hydrogen) atoms. The maximum atomic E-state index is 13.3. The van der Waals surface area contributed by atoms with Gasteiger partial charge in [-0.1, -0.05) is 18.9 Å². The van der Waals surface area contributed by atoms with Gasteiger partial charge >= 0.3 is 0 Å². The van der Waals surface area contributed by atoms with Crippen molar-refractivity contribution in [2.75, 3.05) is 26.3 Å². The zero-order valence-electron chi connectivity index (χ0n) is 15.9. The molecule has 1 aliphatic heterocycles. The minimum absolute atomic E-state index is 0.0113. The number of nitrogens with zero attached hydrogens (tertiary/aromatic N) is 2. The van der Waals surface area contributed by atoms with Crippen LogP contribution >= 0.6 is 0 Å². The van der Waals surface area contributed by atoms with Gasteiger partial charge in [-0.05, 0) is 50.3 Å². The van der Waals surface area contributed by atoms with Gasteiger partial charge in [0.15, 0.2) is 0 Å². The van der Waals surface area contributed by atoms with Crippen LogP contribution in [0, 0.1) is 6.92 Å². The highest BCUT2D eigenvalue weighted by Crippen LogP contribution is 2.36. The second kappa shape index (κ2) is 7.53. The fourth-order valence-electron chi connectivity index (χ4n) is 4.25. The van der Waals surface area contributed by atoms with Crippen molar-refractivity contribution in [3.8, 4) is 0 Å². The average Bonchev–Trinajstić information content (AvgIpc) is 3.36. The van der Waals surface area contributed by atoms with Crippen LogP contribution in [0.25, 0.3) is 0 Å². The summed E-state index contributed by atoms with van der Waals surface area (Å²) in [6.07, 6.45) is 6.59. The standard InChI is InChI=1S/C20H28N2O4S/c1-15-6-7-16(14-19(15)27(24,25)21-10-12-26-13-11-21)20(23)22(18-8-9-18)17-4-2-3-5-17/h6-7,14,17-18H,2-5,8-13H2,1H3. The Morgan fingerprint density at radius 3 is 2.33 bits per heavy atom. The van der Waals surface area contributed by atoms with E-state index in [0.717, 1.165) is 25.7 Å². The SMILES string of the molecule is Cc1ccc(C(=O)N(C2CCCC2)C2CC2)cc1S(=O)(=O)N1CCOCC1. The Kier molecular flexibility index (Phi) is 5.27. The normalized spacial score (nSPS) is 22.1. The van der Waals surface area contributed by atoms with Crippen LogP contribution in [0.15, 0.2) is 23.1 Å². The lowest BCUT2D eigenvalue weighted by Gasteiger charge is -2.30. The molecule has 7 heteroatoms. The van der Waals surface area contributed by atoms with Gasteiger partial charge in [0.25, 0.3) is 5.91 Å². The summed E-state index contributed by atoms with van der Waals surface area (Å²) < 4.78 is 32.9. The lowest BCUT2D eigenvalue weighted by molar-refractivity contribution is 0.0663. The highest BCUT2D eigenvalue weighted by atomic mass is 32.2. The smallest absolute Gasteiger partial charge is 0.254 e. The van der Waals surface area contributed by atoms with Crippen molar-refractivity contribution in [1.82, 2.24) is 9.21 Å². The van der Waals surface area contributed by atoms with E-state index in [1.54, 1.807) is 25.1 Å². The van der Waals surface area contributed by atoms with Crippen LogP contribution in [-0.2, 0) is 14.8 Å². The molecule has 0 aromatic heterocycles. The van der Waals surface area contributed by atoms with Gasteiger partial charge in [-0.25, -0.2) is 8.42 Å². The van der Waals surface area contributed by atoms with Gasteiger partial charge in [0.2, 0.25) is 10.0 Å². The third kappa shape index (κ3) is 3.77. The second-order valence-electron chi connectivity index (χ2n) is 7.88. The number of sulfonamides is 1. The van der Waals surface area contributed by atoms with Crippen LogP contribution in [0.5, 0.6) is 0 Å². The number of ether oxygens (including phenoxy) is 1. The molecule has 148 valence electrons. The molecule has 0 unspecified atom stereocenters. The van der Waals surface area contributed by atoms with E-state index in [1.807, 2.05) is 4.90 Å². The van der Waals surface area contributed by atoms with Gasteiger partial charge in [0, 0.05) is 30.7 Å². The number of amides is 1. The van der Waals surface area contributed by atoms with E-state index in [4.69, 9.17) is 4.74 Å². The third-order valence-corrected chi connectivity index (χ3v) is 7.96. The van der Waals surface area contributed by atoms with Crippen LogP contribution in [-0.4, -0.2) is 61.9 Å². The lowest BCUT2D eigenvalue weighted by Crippen LogP contribution is -2.41. The first-order valence-corrected chi connectivity index (χ1v) is 11.4. The summed E-state index contributed by atoms with van der Waals surface area (Å²) in [5.41, 5.74) is 1.17.